The molecule has 1 aromatic heterocycles. The Balaban J connectivity index is 2.55. The zero-order chi connectivity index (χ0) is 15.1. The van der Waals surface area contributed by atoms with Crippen molar-refractivity contribution >= 4 is 29.3 Å². The molecule has 0 unspecified atom stereocenters. The smallest absolute Gasteiger partial charge is 0.256 e. The first-order valence-corrected chi connectivity index (χ1v) is 8.21. The fourth-order valence-electron chi connectivity index (χ4n) is 1.73. The molecule has 0 aliphatic rings. The Hall–Kier alpha value is -0.720. The van der Waals surface area contributed by atoms with Gasteiger partial charge in [0.1, 0.15) is 5.15 Å². The van der Waals surface area contributed by atoms with Crippen LogP contribution in [0.2, 0.25) is 5.15 Å². The summed E-state index contributed by atoms with van der Waals surface area (Å²) in [6, 6.07) is 0. The van der Waals surface area contributed by atoms with Crippen molar-refractivity contribution in [2.45, 2.75) is 26.2 Å². The molecule has 0 fully saturated rings. The quantitative estimate of drug-likeness (QED) is 0.720. The van der Waals surface area contributed by atoms with E-state index in [4.69, 9.17) is 16.7 Å². The summed E-state index contributed by atoms with van der Waals surface area (Å²) >= 11 is 7.85. The second-order valence-corrected chi connectivity index (χ2v) is 6.36. The van der Waals surface area contributed by atoms with Crippen LogP contribution < -0.4 is 5.32 Å². The van der Waals surface area contributed by atoms with Gasteiger partial charge < -0.3 is 10.4 Å². The number of nitrogens with one attached hydrogen (secondary N) is 1. The Bertz CT molecular complexity index is 449. The highest BCUT2D eigenvalue weighted by Crippen LogP contribution is 2.24. The Morgan fingerprint density at radius 3 is 2.80 bits per heavy atom. The largest absolute Gasteiger partial charge is 0.396 e. The van der Waals surface area contributed by atoms with Crippen LogP contribution in [-0.2, 0) is 7.05 Å². The first-order chi connectivity index (χ1) is 9.49. The first kappa shape index (κ1) is 17.3. The van der Waals surface area contributed by atoms with Crippen LogP contribution in [0.25, 0.3) is 0 Å². The van der Waals surface area contributed by atoms with E-state index in [0.717, 1.165) is 23.6 Å². The fraction of sp³-hybridized carbons (Fsp3) is 0.692. The number of carbonyl (C=O) groups is 1. The summed E-state index contributed by atoms with van der Waals surface area (Å²) in [5, 5.41) is 16.2. The first-order valence-electron chi connectivity index (χ1n) is 6.68. The van der Waals surface area contributed by atoms with Gasteiger partial charge in [-0.2, -0.15) is 16.9 Å². The van der Waals surface area contributed by atoms with Gasteiger partial charge in [0.05, 0.1) is 11.3 Å². The average Bonchev–Trinajstić information content (AvgIpc) is 2.70. The number of hydrogen-bond acceptors (Lipinski definition) is 4. The summed E-state index contributed by atoms with van der Waals surface area (Å²) in [5.74, 6) is 1.70. The van der Waals surface area contributed by atoms with Gasteiger partial charge in [0.2, 0.25) is 0 Å². The lowest BCUT2D eigenvalue weighted by Gasteiger charge is -2.07. The maximum atomic E-state index is 12.2. The number of aromatic nitrogens is 2. The van der Waals surface area contributed by atoms with E-state index in [1.807, 2.05) is 13.8 Å². The third-order valence-corrected chi connectivity index (χ3v) is 4.26. The second-order valence-electron chi connectivity index (χ2n) is 4.77. The highest BCUT2D eigenvalue weighted by molar-refractivity contribution is 7.99. The van der Waals surface area contributed by atoms with Crippen molar-refractivity contribution in [2.75, 3.05) is 24.7 Å². The molecule has 20 heavy (non-hydrogen) atoms. The monoisotopic (exact) mass is 319 g/mol. The molecule has 7 heteroatoms. The van der Waals surface area contributed by atoms with Gasteiger partial charge in [0.25, 0.3) is 5.91 Å². The zero-order valence-electron chi connectivity index (χ0n) is 12.1. The predicted octanol–water partition coefficient (Wildman–Crippen LogP) is 2.04. The van der Waals surface area contributed by atoms with Gasteiger partial charge in [-0.05, 0) is 18.1 Å². The van der Waals surface area contributed by atoms with Crippen LogP contribution in [0.1, 0.15) is 42.2 Å². The van der Waals surface area contributed by atoms with Crippen LogP contribution >= 0.6 is 23.4 Å². The van der Waals surface area contributed by atoms with Gasteiger partial charge in [0, 0.05) is 26.0 Å². The normalized spacial score (nSPS) is 11.1. The lowest BCUT2D eigenvalue weighted by atomic mass is 10.1. The van der Waals surface area contributed by atoms with Crippen LogP contribution in [0.3, 0.4) is 0 Å². The molecule has 0 aromatic carbocycles. The lowest BCUT2D eigenvalue weighted by Crippen LogP contribution is -2.27. The van der Waals surface area contributed by atoms with Crippen LogP contribution in [-0.4, -0.2) is 45.5 Å². The van der Waals surface area contributed by atoms with Crippen LogP contribution in [0.5, 0.6) is 0 Å². The molecule has 1 aromatic rings. The maximum Gasteiger partial charge on any atom is 0.256 e. The number of rotatable bonds is 8. The predicted molar refractivity (Wildman–Crippen MR) is 83.7 cm³/mol. The number of thioether (sulfide) groups is 1. The van der Waals surface area contributed by atoms with E-state index >= 15 is 0 Å². The molecule has 0 atom stereocenters. The average molecular weight is 320 g/mol. The van der Waals surface area contributed by atoms with Crippen molar-refractivity contribution in [3.05, 3.63) is 16.4 Å². The van der Waals surface area contributed by atoms with Crippen molar-refractivity contribution in [1.82, 2.24) is 15.1 Å². The lowest BCUT2D eigenvalue weighted by molar-refractivity contribution is 0.0955. The molecule has 0 aliphatic heterocycles. The summed E-state index contributed by atoms with van der Waals surface area (Å²) in [7, 11) is 1.73. The number of aliphatic hydroxyl groups is 1. The molecule has 0 bridgehead atoms. The standard InChI is InChI=1S/C13H22ClN3O2S/c1-9(2)11-10(12(14)17(3)16-11)13(19)15-5-8-20-7-4-6-18/h9,18H,4-8H2,1-3H3,(H,15,19). The Morgan fingerprint density at radius 1 is 1.50 bits per heavy atom. The van der Waals surface area contributed by atoms with E-state index in [-0.39, 0.29) is 18.4 Å². The number of amides is 1. The zero-order valence-corrected chi connectivity index (χ0v) is 13.7. The highest BCUT2D eigenvalue weighted by Gasteiger charge is 2.22. The summed E-state index contributed by atoms with van der Waals surface area (Å²) < 4.78 is 1.53. The molecule has 1 rings (SSSR count). The van der Waals surface area contributed by atoms with Gasteiger partial charge in [-0.1, -0.05) is 25.4 Å². The van der Waals surface area contributed by atoms with E-state index in [1.165, 1.54) is 4.68 Å². The van der Waals surface area contributed by atoms with E-state index < -0.39 is 0 Å². The Kier molecular flexibility index (Phi) is 7.40. The molecule has 1 amide bonds. The SMILES string of the molecule is CC(C)c1nn(C)c(Cl)c1C(=O)NCCSCCCO. The molecule has 0 saturated heterocycles. The second kappa shape index (κ2) is 8.54. The van der Waals surface area contributed by atoms with Crippen molar-refractivity contribution < 1.29 is 9.90 Å². The number of aliphatic hydroxyl groups excluding tert-OH is 1. The molecule has 1 heterocycles. The van der Waals surface area contributed by atoms with Crippen LogP contribution in [0, 0.1) is 0 Å². The topological polar surface area (TPSA) is 67.2 Å². The number of halogens is 1. The number of aryl methyl sites for hydroxylation is 1. The summed E-state index contributed by atoms with van der Waals surface area (Å²) in [5.41, 5.74) is 1.20. The highest BCUT2D eigenvalue weighted by atomic mass is 35.5. The van der Waals surface area contributed by atoms with E-state index in [1.54, 1.807) is 18.8 Å². The third kappa shape index (κ3) is 4.68. The van der Waals surface area contributed by atoms with Crippen molar-refractivity contribution in [3.63, 3.8) is 0 Å². The van der Waals surface area contributed by atoms with Gasteiger partial charge in [-0.25, -0.2) is 0 Å². The molecule has 0 saturated carbocycles. The fourth-order valence-corrected chi connectivity index (χ4v) is 2.74. The number of carbonyl (C=O) groups excluding carboxylic acids is 1. The van der Waals surface area contributed by atoms with Crippen LogP contribution in [0.4, 0.5) is 0 Å². The molecule has 5 nitrogen and oxygen atoms in total. The molecule has 2 N–H and O–H groups in total. The van der Waals surface area contributed by atoms with Gasteiger partial charge in [0.15, 0.2) is 0 Å². The number of nitrogens with zero attached hydrogens (tertiary/aromatic N) is 2. The van der Waals surface area contributed by atoms with E-state index in [9.17, 15) is 4.79 Å². The van der Waals surface area contributed by atoms with E-state index in [0.29, 0.717) is 17.3 Å². The third-order valence-electron chi connectivity index (χ3n) is 2.76. The molecule has 0 aliphatic carbocycles. The minimum absolute atomic E-state index is 0.147. The minimum atomic E-state index is -0.172. The summed E-state index contributed by atoms with van der Waals surface area (Å²) in [6.07, 6.45) is 0.782. The van der Waals surface area contributed by atoms with Crippen molar-refractivity contribution in [3.8, 4) is 0 Å². The summed E-state index contributed by atoms with van der Waals surface area (Å²) in [4.78, 5) is 12.2. The van der Waals surface area contributed by atoms with Crippen LogP contribution in [0.15, 0.2) is 0 Å². The Morgan fingerprint density at radius 2 is 2.20 bits per heavy atom. The van der Waals surface area contributed by atoms with Gasteiger partial charge in [-0.15, -0.1) is 0 Å². The van der Waals surface area contributed by atoms with Crippen molar-refractivity contribution in [1.29, 1.82) is 0 Å². The molecular weight excluding hydrogens is 298 g/mol. The van der Waals surface area contributed by atoms with Gasteiger partial charge >= 0.3 is 0 Å². The molecule has 0 radical (unpaired) electrons. The van der Waals surface area contributed by atoms with Crippen molar-refractivity contribution in [2.24, 2.45) is 7.05 Å². The maximum absolute atomic E-state index is 12.2. The Labute approximate surface area is 129 Å². The summed E-state index contributed by atoms with van der Waals surface area (Å²) in [6.45, 7) is 4.76. The van der Waals surface area contributed by atoms with Gasteiger partial charge in [-0.3, -0.25) is 9.48 Å². The number of hydrogen-bond donors (Lipinski definition) is 2. The molecular formula is C13H22ClN3O2S. The van der Waals surface area contributed by atoms with E-state index in [2.05, 4.69) is 10.4 Å². The molecule has 0 spiro atoms. The molecule has 114 valence electrons. The minimum Gasteiger partial charge on any atom is -0.396 e.